The summed E-state index contributed by atoms with van der Waals surface area (Å²) >= 11 is -0.115. The molecule has 1 heterocycles. The molecule has 1 aliphatic heterocycles. The van der Waals surface area contributed by atoms with Gasteiger partial charge < -0.3 is 4.90 Å². The molecule has 146 valence electrons. The Morgan fingerprint density at radius 3 is 2.14 bits per heavy atom. The van der Waals surface area contributed by atoms with E-state index in [2.05, 4.69) is 11.9 Å². The fraction of sp³-hybridized carbons (Fsp3) is 0.273. The van der Waals surface area contributed by atoms with Crippen molar-refractivity contribution in [2.24, 2.45) is 0 Å². The van der Waals surface area contributed by atoms with Crippen LogP contribution in [0.4, 0.5) is 17.6 Å². The first-order valence-corrected chi connectivity index (χ1v) is 9.90. The largest absolute Gasteiger partial charge is 0.446 e. The lowest BCUT2D eigenvalue weighted by atomic mass is 9.86. The second-order valence-corrected chi connectivity index (χ2v) is 8.28. The normalized spacial score (nSPS) is 17.3. The van der Waals surface area contributed by atoms with E-state index in [1.54, 1.807) is 18.2 Å². The number of halogens is 4. The molecule has 2 aromatic carbocycles. The Hall–Kier alpha value is -2.05. The molecule has 2 aliphatic rings. The van der Waals surface area contributed by atoms with Crippen molar-refractivity contribution in [1.82, 2.24) is 4.90 Å². The molecule has 2 aromatic rings. The summed E-state index contributed by atoms with van der Waals surface area (Å²) in [6, 6.07) is 9.46. The minimum Gasteiger partial charge on any atom is -0.306 e. The molecule has 0 bridgehead atoms. The summed E-state index contributed by atoms with van der Waals surface area (Å²) in [5.41, 5.74) is 0.933. The quantitative estimate of drug-likeness (QED) is 0.338. The van der Waals surface area contributed by atoms with E-state index in [-0.39, 0.29) is 22.5 Å². The highest BCUT2D eigenvalue weighted by Gasteiger charge is 2.30. The van der Waals surface area contributed by atoms with Gasteiger partial charge in [-0.05, 0) is 83.7 Å². The molecule has 0 unspecified atom stereocenters. The average Bonchev–Trinajstić information content (AvgIpc) is 2.77. The molecular weight excluding hydrogens is 386 g/mol. The summed E-state index contributed by atoms with van der Waals surface area (Å²) in [6.45, 7) is 1.76. The maximum Gasteiger partial charge on any atom is 0.446 e. The number of hydrogen-bond donors (Lipinski definition) is 0. The van der Waals surface area contributed by atoms with Gasteiger partial charge >= 0.3 is 5.51 Å². The van der Waals surface area contributed by atoms with Crippen LogP contribution in [0.3, 0.4) is 0 Å². The molecule has 0 aromatic heterocycles. The highest BCUT2D eigenvalue weighted by Crippen LogP contribution is 2.43. The molecular formula is C22H19F4NS. The Balaban J connectivity index is 1.92. The second-order valence-electron chi connectivity index (χ2n) is 7.14. The Bertz CT molecular complexity index is 965. The van der Waals surface area contributed by atoms with Gasteiger partial charge in [0.2, 0.25) is 0 Å². The van der Waals surface area contributed by atoms with Crippen LogP contribution in [0.2, 0.25) is 0 Å². The van der Waals surface area contributed by atoms with Gasteiger partial charge in [0.05, 0.1) is 0 Å². The zero-order valence-electron chi connectivity index (χ0n) is 15.3. The van der Waals surface area contributed by atoms with Crippen LogP contribution in [0.1, 0.15) is 35.1 Å². The van der Waals surface area contributed by atoms with Gasteiger partial charge in [0.1, 0.15) is 5.82 Å². The van der Waals surface area contributed by atoms with Crippen LogP contribution in [0, 0.1) is 5.82 Å². The summed E-state index contributed by atoms with van der Waals surface area (Å²) < 4.78 is 52.9. The predicted molar refractivity (Wildman–Crippen MR) is 106 cm³/mol. The van der Waals surface area contributed by atoms with Gasteiger partial charge in [-0.1, -0.05) is 29.9 Å². The third kappa shape index (κ3) is 4.03. The lowest BCUT2D eigenvalue weighted by Gasteiger charge is -2.27. The zero-order chi connectivity index (χ0) is 19.9. The number of thioether (sulfide) groups is 1. The third-order valence-electron chi connectivity index (χ3n) is 5.20. The summed E-state index contributed by atoms with van der Waals surface area (Å²) in [5, 5.41) is 0. The SMILES string of the molecule is CN1CCC(=C2c3cc(F)ccc3C=Cc3ccc(SC(F)(F)F)cc32)CC1. The van der Waals surface area contributed by atoms with Crippen molar-refractivity contribution >= 4 is 29.5 Å². The first kappa shape index (κ1) is 19.3. The molecule has 4 rings (SSSR count). The fourth-order valence-corrected chi connectivity index (χ4v) is 4.41. The molecule has 1 saturated heterocycles. The molecule has 0 N–H and O–H groups in total. The monoisotopic (exact) mass is 405 g/mol. The predicted octanol–water partition coefficient (Wildman–Crippen LogP) is 6.45. The summed E-state index contributed by atoms with van der Waals surface area (Å²) in [4.78, 5) is 2.37. The van der Waals surface area contributed by atoms with Crippen molar-refractivity contribution in [3.05, 3.63) is 70.0 Å². The van der Waals surface area contributed by atoms with Gasteiger partial charge in [-0.2, -0.15) is 13.2 Å². The first-order valence-electron chi connectivity index (χ1n) is 9.09. The Morgan fingerprint density at radius 2 is 1.50 bits per heavy atom. The average molecular weight is 405 g/mol. The maximum absolute atomic E-state index is 14.1. The molecule has 0 saturated carbocycles. The zero-order valence-corrected chi connectivity index (χ0v) is 16.1. The van der Waals surface area contributed by atoms with Crippen molar-refractivity contribution in [3.8, 4) is 0 Å². The van der Waals surface area contributed by atoms with E-state index in [1.165, 1.54) is 23.8 Å². The molecule has 0 amide bonds. The summed E-state index contributed by atoms with van der Waals surface area (Å²) in [5.74, 6) is -0.345. The molecule has 1 nitrogen and oxygen atoms in total. The number of rotatable bonds is 1. The molecule has 1 fully saturated rings. The standard InChI is InChI=1S/C22H19F4NS/c1-27-10-8-16(9-11-27)21-19-12-17(23)6-4-14(19)2-3-15-5-7-18(13-20(15)21)28-22(24,25)26/h2-7,12-13H,8-11H2,1H3. The number of benzene rings is 2. The van der Waals surface area contributed by atoms with Crippen LogP contribution < -0.4 is 0 Å². The van der Waals surface area contributed by atoms with Crippen LogP contribution in [-0.4, -0.2) is 30.5 Å². The van der Waals surface area contributed by atoms with E-state index in [0.29, 0.717) is 0 Å². The van der Waals surface area contributed by atoms with Crippen LogP contribution in [0.15, 0.2) is 46.9 Å². The smallest absolute Gasteiger partial charge is 0.306 e. The minimum absolute atomic E-state index is 0.115. The number of likely N-dealkylation sites (tertiary alicyclic amines) is 1. The number of piperidine rings is 1. The lowest BCUT2D eigenvalue weighted by Crippen LogP contribution is -2.27. The maximum atomic E-state index is 14.1. The van der Waals surface area contributed by atoms with Crippen LogP contribution in [0.5, 0.6) is 0 Å². The summed E-state index contributed by atoms with van der Waals surface area (Å²) in [6.07, 6.45) is 5.44. The molecule has 28 heavy (non-hydrogen) atoms. The molecule has 1 aliphatic carbocycles. The number of hydrogen-bond acceptors (Lipinski definition) is 2. The van der Waals surface area contributed by atoms with Gasteiger partial charge in [0.25, 0.3) is 0 Å². The molecule has 0 radical (unpaired) electrons. The van der Waals surface area contributed by atoms with Crippen molar-refractivity contribution in [2.75, 3.05) is 20.1 Å². The van der Waals surface area contributed by atoms with E-state index in [4.69, 9.17) is 0 Å². The van der Waals surface area contributed by atoms with E-state index in [9.17, 15) is 17.6 Å². The van der Waals surface area contributed by atoms with Gasteiger partial charge in [0, 0.05) is 18.0 Å². The number of alkyl halides is 3. The summed E-state index contributed by atoms with van der Waals surface area (Å²) in [7, 11) is 2.05. The lowest BCUT2D eigenvalue weighted by molar-refractivity contribution is -0.0328. The van der Waals surface area contributed by atoms with Crippen LogP contribution in [-0.2, 0) is 0 Å². The van der Waals surface area contributed by atoms with Crippen molar-refractivity contribution in [3.63, 3.8) is 0 Å². The number of fused-ring (bicyclic) bond motifs is 2. The van der Waals surface area contributed by atoms with Crippen LogP contribution >= 0.6 is 11.8 Å². The number of nitrogens with zero attached hydrogens (tertiary/aromatic N) is 1. The van der Waals surface area contributed by atoms with Crippen molar-refractivity contribution in [1.29, 1.82) is 0 Å². The van der Waals surface area contributed by atoms with Crippen LogP contribution in [0.25, 0.3) is 17.7 Å². The minimum atomic E-state index is -4.35. The fourth-order valence-electron chi connectivity index (χ4n) is 3.83. The van der Waals surface area contributed by atoms with E-state index in [1.807, 2.05) is 12.2 Å². The first-order chi connectivity index (χ1) is 13.3. The van der Waals surface area contributed by atoms with E-state index in [0.717, 1.165) is 53.8 Å². The second kappa shape index (κ2) is 7.41. The van der Waals surface area contributed by atoms with E-state index < -0.39 is 5.51 Å². The van der Waals surface area contributed by atoms with Crippen molar-refractivity contribution in [2.45, 2.75) is 23.2 Å². The third-order valence-corrected chi connectivity index (χ3v) is 5.92. The molecule has 6 heteroatoms. The van der Waals surface area contributed by atoms with Gasteiger partial charge in [-0.15, -0.1) is 0 Å². The highest BCUT2D eigenvalue weighted by molar-refractivity contribution is 8.00. The Morgan fingerprint density at radius 1 is 0.893 bits per heavy atom. The topological polar surface area (TPSA) is 3.24 Å². The highest BCUT2D eigenvalue weighted by atomic mass is 32.2. The molecule has 0 spiro atoms. The van der Waals surface area contributed by atoms with Gasteiger partial charge in [-0.25, -0.2) is 4.39 Å². The van der Waals surface area contributed by atoms with Gasteiger partial charge in [-0.3, -0.25) is 0 Å². The van der Waals surface area contributed by atoms with E-state index >= 15 is 0 Å². The Kier molecular flexibility index (Phi) is 5.10. The molecule has 0 atom stereocenters. The van der Waals surface area contributed by atoms with Gasteiger partial charge in [0.15, 0.2) is 0 Å². The van der Waals surface area contributed by atoms with Crippen molar-refractivity contribution < 1.29 is 17.6 Å². The Labute approximate surface area is 165 Å².